The molecule has 26 heavy (non-hydrogen) atoms. The van der Waals surface area contributed by atoms with Crippen molar-refractivity contribution in [2.75, 3.05) is 5.32 Å². The molecule has 0 saturated heterocycles. The highest BCUT2D eigenvalue weighted by atomic mass is 35.5. The minimum Gasteiger partial charge on any atom is -0.358 e. The van der Waals surface area contributed by atoms with Crippen LogP contribution in [0.15, 0.2) is 48.8 Å². The Kier molecular flexibility index (Phi) is 6.32. The lowest BCUT2D eigenvalue weighted by Crippen LogP contribution is -2.28. The molecule has 0 atom stereocenters. The fourth-order valence-corrected chi connectivity index (χ4v) is 2.94. The van der Waals surface area contributed by atoms with Crippen molar-refractivity contribution in [3.05, 3.63) is 75.0 Å². The van der Waals surface area contributed by atoms with Crippen LogP contribution in [0.1, 0.15) is 11.1 Å². The first-order chi connectivity index (χ1) is 12.5. The third-order valence-electron chi connectivity index (χ3n) is 3.48. The van der Waals surface area contributed by atoms with Crippen LogP contribution in [0, 0.1) is 0 Å². The highest BCUT2D eigenvalue weighted by Gasteiger charge is 2.06. The first-order valence-electron chi connectivity index (χ1n) is 7.62. The van der Waals surface area contributed by atoms with Gasteiger partial charge in [-0.1, -0.05) is 53.0 Å². The molecule has 0 aliphatic heterocycles. The number of benzene rings is 2. The maximum atomic E-state index is 6.18. The van der Waals surface area contributed by atoms with E-state index in [1.165, 1.54) is 0 Å². The Morgan fingerprint density at radius 2 is 1.77 bits per heavy atom. The largest absolute Gasteiger partial charge is 0.358 e. The Labute approximate surface area is 171 Å². The number of hydrogen-bond donors (Lipinski definition) is 2. The molecule has 2 aromatic carbocycles. The Morgan fingerprint density at radius 1 is 1.04 bits per heavy atom. The number of aromatic nitrogens is 3. The third kappa shape index (κ3) is 5.32. The SMILES string of the molecule is S=C(NCc1ccc(Cl)cc1)Nc1ncn(Cc2ccc(Cl)cc2Cl)n1. The van der Waals surface area contributed by atoms with Gasteiger partial charge in [-0.3, -0.25) is 5.32 Å². The Morgan fingerprint density at radius 3 is 2.50 bits per heavy atom. The van der Waals surface area contributed by atoms with E-state index in [9.17, 15) is 0 Å². The van der Waals surface area contributed by atoms with E-state index in [1.807, 2.05) is 30.3 Å². The predicted octanol–water partition coefficient (Wildman–Crippen LogP) is 4.77. The van der Waals surface area contributed by atoms with Crippen LogP contribution in [0.2, 0.25) is 15.1 Å². The average molecular weight is 427 g/mol. The van der Waals surface area contributed by atoms with Gasteiger partial charge in [0.25, 0.3) is 0 Å². The maximum Gasteiger partial charge on any atom is 0.248 e. The summed E-state index contributed by atoms with van der Waals surface area (Å²) in [6.45, 7) is 1.06. The molecule has 134 valence electrons. The smallest absolute Gasteiger partial charge is 0.248 e. The molecule has 0 spiro atoms. The number of thiocarbonyl (C=S) groups is 1. The van der Waals surface area contributed by atoms with Crippen LogP contribution < -0.4 is 10.6 Å². The summed E-state index contributed by atoms with van der Waals surface area (Å²) in [5, 5.41) is 12.7. The quantitative estimate of drug-likeness (QED) is 0.575. The van der Waals surface area contributed by atoms with Gasteiger partial charge in [0.05, 0.1) is 6.54 Å². The van der Waals surface area contributed by atoms with Crippen LogP contribution in [0.5, 0.6) is 0 Å². The molecule has 0 aliphatic rings. The van der Waals surface area contributed by atoms with Crippen molar-refractivity contribution in [2.24, 2.45) is 0 Å². The van der Waals surface area contributed by atoms with Crippen molar-refractivity contribution in [3.8, 4) is 0 Å². The van der Waals surface area contributed by atoms with Gasteiger partial charge in [-0.15, -0.1) is 5.10 Å². The zero-order chi connectivity index (χ0) is 18.5. The van der Waals surface area contributed by atoms with Crippen molar-refractivity contribution in [1.82, 2.24) is 20.1 Å². The van der Waals surface area contributed by atoms with E-state index in [4.69, 9.17) is 47.0 Å². The second-order valence-electron chi connectivity index (χ2n) is 5.44. The summed E-state index contributed by atoms with van der Waals surface area (Å²) < 4.78 is 1.67. The van der Waals surface area contributed by atoms with Gasteiger partial charge in [-0.05, 0) is 47.6 Å². The van der Waals surface area contributed by atoms with Gasteiger partial charge in [0.15, 0.2) is 5.11 Å². The number of nitrogens with one attached hydrogen (secondary N) is 2. The zero-order valence-electron chi connectivity index (χ0n) is 13.4. The van der Waals surface area contributed by atoms with Gasteiger partial charge in [-0.2, -0.15) is 0 Å². The lowest BCUT2D eigenvalue weighted by atomic mass is 10.2. The molecule has 0 unspecified atom stereocenters. The van der Waals surface area contributed by atoms with E-state index < -0.39 is 0 Å². The summed E-state index contributed by atoms with van der Waals surface area (Å²) in [6, 6.07) is 12.9. The van der Waals surface area contributed by atoms with Crippen molar-refractivity contribution >= 4 is 58.1 Å². The van der Waals surface area contributed by atoms with Crippen LogP contribution in [-0.2, 0) is 13.1 Å². The molecule has 2 N–H and O–H groups in total. The van der Waals surface area contributed by atoms with Crippen molar-refractivity contribution in [1.29, 1.82) is 0 Å². The molecule has 9 heteroatoms. The first-order valence-corrected chi connectivity index (χ1v) is 9.16. The minimum atomic E-state index is 0.406. The number of hydrogen-bond acceptors (Lipinski definition) is 3. The number of halogens is 3. The highest BCUT2D eigenvalue weighted by molar-refractivity contribution is 7.80. The molecular weight excluding hydrogens is 413 g/mol. The predicted molar refractivity (Wildman–Crippen MR) is 110 cm³/mol. The van der Waals surface area contributed by atoms with E-state index >= 15 is 0 Å². The summed E-state index contributed by atoms with van der Waals surface area (Å²) in [5.41, 5.74) is 1.96. The van der Waals surface area contributed by atoms with Crippen molar-refractivity contribution in [3.63, 3.8) is 0 Å². The molecule has 3 rings (SSSR count). The molecule has 0 saturated carbocycles. The average Bonchev–Trinajstić information content (AvgIpc) is 3.04. The van der Waals surface area contributed by atoms with Crippen LogP contribution in [0.25, 0.3) is 0 Å². The summed E-state index contributed by atoms with van der Waals surface area (Å²) >= 11 is 23.2. The second kappa shape index (κ2) is 8.68. The Bertz CT molecular complexity index is 911. The van der Waals surface area contributed by atoms with E-state index in [2.05, 4.69) is 20.7 Å². The monoisotopic (exact) mass is 425 g/mol. The Hall–Kier alpha value is -1.86. The van der Waals surface area contributed by atoms with Crippen LogP contribution >= 0.6 is 47.0 Å². The van der Waals surface area contributed by atoms with Gasteiger partial charge < -0.3 is 5.32 Å². The number of nitrogens with zero attached hydrogens (tertiary/aromatic N) is 3. The topological polar surface area (TPSA) is 54.8 Å². The maximum absolute atomic E-state index is 6.18. The molecule has 1 heterocycles. The van der Waals surface area contributed by atoms with Crippen LogP contribution in [0.4, 0.5) is 5.95 Å². The summed E-state index contributed by atoms with van der Waals surface area (Å²) in [6.07, 6.45) is 1.61. The second-order valence-corrected chi connectivity index (χ2v) is 7.12. The lowest BCUT2D eigenvalue weighted by molar-refractivity contribution is 0.687. The minimum absolute atomic E-state index is 0.406. The molecular formula is C17H14Cl3N5S. The number of rotatable bonds is 5. The zero-order valence-corrected chi connectivity index (χ0v) is 16.5. The fourth-order valence-electron chi connectivity index (χ4n) is 2.18. The van der Waals surface area contributed by atoms with Crippen molar-refractivity contribution < 1.29 is 0 Å². The van der Waals surface area contributed by atoms with Gasteiger partial charge in [0.1, 0.15) is 6.33 Å². The molecule has 1 aromatic heterocycles. The standard InChI is InChI=1S/C17H14Cl3N5S/c18-13-4-1-11(2-5-13)8-21-17(26)23-16-22-10-25(24-16)9-12-3-6-14(19)7-15(12)20/h1-7,10H,8-9H2,(H2,21,23,24,26). The van der Waals surface area contributed by atoms with Crippen molar-refractivity contribution in [2.45, 2.75) is 13.1 Å². The molecule has 0 amide bonds. The lowest BCUT2D eigenvalue weighted by Gasteiger charge is -2.08. The molecule has 0 radical (unpaired) electrons. The molecule has 0 aliphatic carbocycles. The van der Waals surface area contributed by atoms with E-state index in [-0.39, 0.29) is 0 Å². The van der Waals surface area contributed by atoms with Gasteiger partial charge >= 0.3 is 0 Å². The highest BCUT2D eigenvalue weighted by Crippen LogP contribution is 2.21. The Balaban J connectivity index is 1.54. The van der Waals surface area contributed by atoms with Crippen LogP contribution in [0.3, 0.4) is 0 Å². The van der Waals surface area contributed by atoms with Crippen LogP contribution in [-0.4, -0.2) is 19.9 Å². The summed E-state index contributed by atoms with van der Waals surface area (Å²) in [7, 11) is 0. The van der Waals surface area contributed by atoms with E-state index in [0.29, 0.717) is 39.2 Å². The molecule has 0 bridgehead atoms. The van der Waals surface area contributed by atoms with Gasteiger partial charge in [-0.25, -0.2) is 9.67 Å². The normalized spacial score (nSPS) is 10.6. The number of anilines is 1. The summed E-state index contributed by atoms with van der Waals surface area (Å²) in [4.78, 5) is 4.19. The third-order valence-corrected chi connectivity index (χ3v) is 4.56. The molecule has 5 nitrogen and oxygen atoms in total. The fraction of sp³-hybridized carbons (Fsp3) is 0.118. The van der Waals surface area contributed by atoms with E-state index in [1.54, 1.807) is 23.1 Å². The van der Waals surface area contributed by atoms with Gasteiger partial charge in [0.2, 0.25) is 5.95 Å². The first kappa shape index (κ1) is 18.9. The summed E-state index contributed by atoms with van der Waals surface area (Å²) in [5.74, 6) is 0.406. The molecule has 0 fully saturated rings. The van der Waals surface area contributed by atoms with E-state index in [0.717, 1.165) is 11.1 Å². The molecule has 3 aromatic rings. The van der Waals surface area contributed by atoms with Gasteiger partial charge in [0, 0.05) is 21.6 Å².